The maximum Gasteiger partial charge on any atom is 0.337 e. The minimum atomic E-state index is -0.892. The van der Waals surface area contributed by atoms with Crippen molar-refractivity contribution in [1.82, 2.24) is 9.78 Å². The number of aromatic nitrogens is 2. The van der Waals surface area contributed by atoms with Crippen LogP contribution in [0, 0.1) is 17.0 Å². The average Bonchev–Trinajstić information content (AvgIpc) is 3.07. The predicted octanol–water partition coefficient (Wildman–Crippen LogP) is 1.87. The standard InChI is InChI=1S/C17H18N4O7/c1-9-14(21(25)26)8-18-20(9)10(2)15(22)19-13-6-11(16(23)27-3)5-12(7-13)17(24)28-4/h5-8,10H,1-4H3,(H,19,22). The minimum Gasteiger partial charge on any atom is -0.465 e. The molecule has 0 radical (unpaired) electrons. The molecule has 0 fully saturated rings. The Morgan fingerprint density at radius 2 is 1.68 bits per heavy atom. The Bertz CT molecular complexity index is 917. The molecule has 0 bridgehead atoms. The van der Waals surface area contributed by atoms with Gasteiger partial charge in [0, 0.05) is 5.69 Å². The molecule has 1 N–H and O–H groups in total. The molecule has 1 aromatic heterocycles. The Labute approximate surface area is 159 Å². The highest BCUT2D eigenvalue weighted by Crippen LogP contribution is 2.22. The lowest BCUT2D eigenvalue weighted by atomic mass is 10.1. The van der Waals surface area contributed by atoms with Gasteiger partial charge in [-0.25, -0.2) is 9.59 Å². The Hall–Kier alpha value is -3.76. The van der Waals surface area contributed by atoms with Crippen molar-refractivity contribution in [1.29, 1.82) is 0 Å². The predicted molar refractivity (Wildman–Crippen MR) is 96.1 cm³/mol. The highest BCUT2D eigenvalue weighted by Gasteiger charge is 2.24. The van der Waals surface area contributed by atoms with Crippen molar-refractivity contribution in [3.05, 3.63) is 51.3 Å². The van der Waals surface area contributed by atoms with Gasteiger partial charge in [0.15, 0.2) is 0 Å². The van der Waals surface area contributed by atoms with Crippen LogP contribution < -0.4 is 5.32 Å². The normalized spacial score (nSPS) is 11.4. The number of carbonyl (C=O) groups excluding carboxylic acids is 3. The van der Waals surface area contributed by atoms with Gasteiger partial charge in [0.25, 0.3) is 0 Å². The van der Waals surface area contributed by atoms with Crippen LogP contribution in [0.2, 0.25) is 0 Å². The first kappa shape index (κ1) is 20.6. The van der Waals surface area contributed by atoms with Crippen LogP contribution in [0.1, 0.15) is 39.4 Å². The molecule has 28 heavy (non-hydrogen) atoms. The number of nitro groups is 1. The van der Waals surface area contributed by atoms with Gasteiger partial charge in [-0.05, 0) is 32.0 Å². The molecule has 148 valence electrons. The first-order valence-corrected chi connectivity index (χ1v) is 8.00. The van der Waals surface area contributed by atoms with Crippen LogP contribution in [0.3, 0.4) is 0 Å². The summed E-state index contributed by atoms with van der Waals surface area (Å²) in [7, 11) is 2.36. The molecule has 1 atom stereocenters. The second kappa shape index (κ2) is 8.29. The molecule has 1 aromatic carbocycles. The number of nitrogens with zero attached hydrogens (tertiary/aromatic N) is 3. The van der Waals surface area contributed by atoms with Gasteiger partial charge in [-0.15, -0.1) is 0 Å². The highest BCUT2D eigenvalue weighted by molar-refractivity contribution is 6.00. The molecule has 0 saturated heterocycles. The van der Waals surface area contributed by atoms with Gasteiger partial charge in [-0.2, -0.15) is 5.10 Å². The van der Waals surface area contributed by atoms with E-state index in [-0.39, 0.29) is 28.2 Å². The largest absolute Gasteiger partial charge is 0.465 e. The molecular weight excluding hydrogens is 372 g/mol. The van der Waals surface area contributed by atoms with E-state index in [1.165, 1.54) is 50.9 Å². The summed E-state index contributed by atoms with van der Waals surface area (Å²) in [5.41, 5.74) is 0.240. The molecular formula is C17H18N4O7. The Morgan fingerprint density at radius 3 is 2.11 bits per heavy atom. The fourth-order valence-corrected chi connectivity index (χ4v) is 2.51. The van der Waals surface area contributed by atoms with Crippen LogP contribution in [0.25, 0.3) is 0 Å². The van der Waals surface area contributed by atoms with E-state index in [1.54, 1.807) is 0 Å². The Kier molecular flexibility index (Phi) is 6.08. The molecule has 0 aliphatic carbocycles. The molecule has 0 aliphatic heterocycles. The average molecular weight is 390 g/mol. The monoisotopic (exact) mass is 390 g/mol. The number of benzene rings is 1. The van der Waals surface area contributed by atoms with Gasteiger partial charge >= 0.3 is 17.6 Å². The van der Waals surface area contributed by atoms with Gasteiger partial charge in [-0.1, -0.05) is 0 Å². The molecule has 2 rings (SSSR count). The van der Waals surface area contributed by atoms with Crippen molar-refractivity contribution in [3.8, 4) is 0 Å². The van der Waals surface area contributed by atoms with E-state index in [4.69, 9.17) is 0 Å². The zero-order valence-corrected chi connectivity index (χ0v) is 15.6. The number of carbonyl (C=O) groups is 3. The number of methoxy groups -OCH3 is 2. The summed E-state index contributed by atoms with van der Waals surface area (Å²) in [6, 6.07) is 3.05. The number of amides is 1. The summed E-state index contributed by atoms with van der Waals surface area (Å²) in [6.07, 6.45) is 1.06. The van der Waals surface area contributed by atoms with Gasteiger partial charge in [-0.3, -0.25) is 19.6 Å². The second-order valence-electron chi connectivity index (χ2n) is 5.76. The van der Waals surface area contributed by atoms with Gasteiger partial charge < -0.3 is 14.8 Å². The van der Waals surface area contributed by atoms with Crippen molar-refractivity contribution in [3.63, 3.8) is 0 Å². The van der Waals surface area contributed by atoms with Crippen LogP contribution in [0.4, 0.5) is 11.4 Å². The summed E-state index contributed by atoms with van der Waals surface area (Å²) in [5.74, 6) is -1.96. The molecule has 11 heteroatoms. The summed E-state index contributed by atoms with van der Waals surface area (Å²) >= 11 is 0. The van der Waals surface area contributed by atoms with E-state index in [1.807, 2.05) is 0 Å². The lowest BCUT2D eigenvalue weighted by Crippen LogP contribution is -2.25. The maximum atomic E-state index is 12.6. The maximum absolute atomic E-state index is 12.6. The second-order valence-corrected chi connectivity index (χ2v) is 5.76. The summed E-state index contributed by atoms with van der Waals surface area (Å²) in [5, 5.41) is 17.4. The van der Waals surface area contributed by atoms with Crippen molar-refractivity contribution in [2.75, 3.05) is 19.5 Å². The van der Waals surface area contributed by atoms with E-state index >= 15 is 0 Å². The van der Waals surface area contributed by atoms with E-state index in [0.717, 1.165) is 6.20 Å². The number of hydrogen-bond donors (Lipinski definition) is 1. The Morgan fingerprint density at radius 1 is 1.14 bits per heavy atom. The van der Waals surface area contributed by atoms with Crippen LogP contribution in [-0.4, -0.2) is 46.8 Å². The third kappa shape index (κ3) is 4.14. The van der Waals surface area contributed by atoms with Crippen molar-refractivity contribution >= 4 is 29.2 Å². The lowest BCUT2D eigenvalue weighted by Gasteiger charge is -2.15. The highest BCUT2D eigenvalue weighted by atomic mass is 16.6. The molecule has 0 spiro atoms. The third-order valence-corrected chi connectivity index (χ3v) is 4.00. The zero-order valence-electron chi connectivity index (χ0n) is 15.6. The van der Waals surface area contributed by atoms with Crippen LogP contribution >= 0.6 is 0 Å². The topological polar surface area (TPSA) is 143 Å². The molecule has 1 heterocycles. The van der Waals surface area contributed by atoms with Crippen molar-refractivity contribution in [2.24, 2.45) is 0 Å². The van der Waals surface area contributed by atoms with Crippen molar-refractivity contribution in [2.45, 2.75) is 19.9 Å². The fraction of sp³-hybridized carbons (Fsp3) is 0.294. The molecule has 11 nitrogen and oxygen atoms in total. The van der Waals surface area contributed by atoms with Gasteiger partial charge in [0.1, 0.15) is 17.9 Å². The van der Waals surface area contributed by atoms with E-state index in [0.29, 0.717) is 0 Å². The third-order valence-electron chi connectivity index (χ3n) is 4.00. The molecule has 2 aromatic rings. The van der Waals surface area contributed by atoms with Crippen LogP contribution in [-0.2, 0) is 14.3 Å². The number of esters is 2. The molecule has 0 saturated carbocycles. The van der Waals surface area contributed by atoms with E-state index < -0.39 is 28.8 Å². The fourth-order valence-electron chi connectivity index (χ4n) is 2.51. The smallest absolute Gasteiger partial charge is 0.337 e. The van der Waals surface area contributed by atoms with Gasteiger partial charge in [0.05, 0.1) is 30.3 Å². The number of anilines is 1. The zero-order chi connectivity index (χ0) is 21.0. The molecule has 0 aliphatic rings. The number of nitrogens with one attached hydrogen (secondary N) is 1. The number of hydrogen-bond acceptors (Lipinski definition) is 8. The molecule has 1 unspecified atom stereocenters. The van der Waals surface area contributed by atoms with Crippen LogP contribution in [0.5, 0.6) is 0 Å². The van der Waals surface area contributed by atoms with Gasteiger partial charge in [0.2, 0.25) is 5.91 Å². The summed E-state index contributed by atoms with van der Waals surface area (Å²) < 4.78 is 10.5. The van der Waals surface area contributed by atoms with E-state index in [2.05, 4.69) is 19.9 Å². The van der Waals surface area contributed by atoms with Crippen LogP contribution in [0.15, 0.2) is 24.4 Å². The quantitative estimate of drug-likeness (QED) is 0.447. The number of rotatable bonds is 6. The van der Waals surface area contributed by atoms with E-state index in [9.17, 15) is 24.5 Å². The molecule has 1 amide bonds. The lowest BCUT2D eigenvalue weighted by molar-refractivity contribution is -0.385. The summed E-state index contributed by atoms with van der Waals surface area (Å²) in [4.78, 5) is 46.6. The minimum absolute atomic E-state index is 0.0410. The summed E-state index contributed by atoms with van der Waals surface area (Å²) in [6.45, 7) is 2.98. The van der Waals surface area contributed by atoms with Crippen molar-refractivity contribution < 1.29 is 28.8 Å². The first-order chi connectivity index (χ1) is 13.2. The SMILES string of the molecule is COC(=O)c1cc(NC(=O)C(C)n2ncc([N+](=O)[O-])c2C)cc(C(=O)OC)c1. The number of ether oxygens (including phenoxy) is 2. The Balaban J connectivity index is 2.33. The first-order valence-electron chi connectivity index (χ1n) is 8.00.